The van der Waals surface area contributed by atoms with Gasteiger partial charge < -0.3 is 10.1 Å². The molecular formula is C7H17N4O2+. The topological polar surface area (TPSA) is 104 Å². The Kier molecular flexibility index (Phi) is 5.42. The van der Waals surface area contributed by atoms with Crippen molar-refractivity contribution in [2.75, 3.05) is 13.1 Å². The van der Waals surface area contributed by atoms with Gasteiger partial charge in [0.2, 0.25) is 0 Å². The first-order valence-corrected chi connectivity index (χ1v) is 4.08. The summed E-state index contributed by atoms with van der Waals surface area (Å²) >= 11 is 0. The van der Waals surface area contributed by atoms with E-state index in [9.17, 15) is 4.79 Å². The summed E-state index contributed by atoms with van der Waals surface area (Å²) in [6.45, 7) is 4.46. The van der Waals surface area contributed by atoms with Crippen molar-refractivity contribution in [3.05, 3.63) is 0 Å². The lowest BCUT2D eigenvalue weighted by Gasteiger charge is -2.07. The van der Waals surface area contributed by atoms with Gasteiger partial charge in [-0.2, -0.15) is 0 Å². The Balaban J connectivity index is 3.43. The SMILES string of the molecule is CC(C)OC(=O)NCC[NH+]=C(N)N. The zero-order valence-corrected chi connectivity index (χ0v) is 7.96. The van der Waals surface area contributed by atoms with Crippen molar-refractivity contribution < 1.29 is 14.5 Å². The summed E-state index contributed by atoms with van der Waals surface area (Å²) < 4.78 is 4.81. The third-order valence-electron chi connectivity index (χ3n) is 1.07. The second-order valence-electron chi connectivity index (χ2n) is 2.76. The van der Waals surface area contributed by atoms with Gasteiger partial charge in [0.1, 0.15) is 0 Å². The first-order chi connectivity index (χ1) is 6.02. The van der Waals surface area contributed by atoms with Crippen LogP contribution in [0, 0.1) is 0 Å². The largest absolute Gasteiger partial charge is 0.447 e. The lowest BCUT2D eigenvalue weighted by molar-refractivity contribution is -0.456. The summed E-state index contributed by atoms with van der Waals surface area (Å²) in [6.07, 6.45) is -0.550. The first-order valence-electron chi connectivity index (χ1n) is 4.08. The van der Waals surface area contributed by atoms with E-state index in [0.717, 1.165) is 0 Å². The Morgan fingerprint density at radius 1 is 1.54 bits per heavy atom. The normalized spacial score (nSPS) is 9.46. The predicted octanol–water partition coefficient (Wildman–Crippen LogP) is -2.52. The van der Waals surface area contributed by atoms with E-state index in [4.69, 9.17) is 16.2 Å². The Morgan fingerprint density at radius 2 is 2.15 bits per heavy atom. The standard InChI is InChI=1S/C7H16N4O2/c1-5(2)13-7(12)11-4-3-10-6(8)9/h5H,3-4H2,1-2H3,(H,11,12)(H4,8,9,10)/p+1. The highest BCUT2D eigenvalue weighted by atomic mass is 16.6. The van der Waals surface area contributed by atoms with Crippen molar-refractivity contribution in [3.8, 4) is 0 Å². The minimum atomic E-state index is -0.438. The molecule has 0 radical (unpaired) electrons. The molecule has 0 atom stereocenters. The van der Waals surface area contributed by atoms with Crippen molar-refractivity contribution in [1.29, 1.82) is 0 Å². The van der Waals surface area contributed by atoms with E-state index >= 15 is 0 Å². The molecule has 0 bridgehead atoms. The van der Waals surface area contributed by atoms with Gasteiger partial charge >= 0.3 is 12.1 Å². The van der Waals surface area contributed by atoms with E-state index in [0.29, 0.717) is 13.1 Å². The monoisotopic (exact) mass is 189 g/mol. The van der Waals surface area contributed by atoms with Gasteiger partial charge in [0.25, 0.3) is 0 Å². The van der Waals surface area contributed by atoms with Crippen LogP contribution in [0.25, 0.3) is 0 Å². The molecule has 0 aliphatic heterocycles. The molecule has 0 heterocycles. The molecule has 1 amide bonds. The van der Waals surface area contributed by atoms with Crippen LogP contribution in [0.5, 0.6) is 0 Å². The highest BCUT2D eigenvalue weighted by molar-refractivity contribution is 5.69. The van der Waals surface area contributed by atoms with Gasteiger partial charge in [0, 0.05) is 0 Å². The van der Waals surface area contributed by atoms with Crippen molar-refractivity contribution >= 4 is 12.1 Å². The molecule has 0 aliphatic rings. The molecular weight excluding hydrogens is 172 g/mol. The van der Waals surface area contributed by atoms with Crippen molar-refractivity contribution in [1.82, 2.24) is 5.32 Å². The van der Waals surface area contributed by atoms with Gasteiger partial charge in [0.05, 0.1) is 19.2 Å². The van der Waals surface area contributed by atoms with Crippen LogP contribution in [0.3, 0.4) is 0 Å². The molecule has 0 unspecified atom stereocenters. The van der Waals surface area contributed by atoms with Gasteiger partial charge in [-0.25, -0.2) is 4.79 Å². The maximum Gasteiger partial charge on any atom is 0.407 e. The van der Waals surface area contributed by atoms with Crippen LogP contribution in [-0.4, -0.2) is 31.2 Å². The number of nitrogens with one attached hydrogen (secondary N) is 2. The summed E-state index contributed by atoms with van der Waals surface area (Å²) in [4.78, 5) is 13.5. The van der Waals surface area contributed by atoms with Crippen LogP contribution in [0.15, 0.2) is 0 Å². The maximum absolute atomic E-state index is 10.9. The molecule has 13 heavy (non-hydrogen) atoms. The molecule has 0 rings (SSSR count). The average Bonchev–Trinajstić information content (AvgIpc) is 1.96. The van der Waals surface area contributed by atoms with Crippen LogP contribution >= 0.6 is 0 Å². The number of amides is 1. The second kappa shape index (κ2) is 6.10. The molecule has 0 aromatic heterocycles. The average molecular weight is 189 g/mol. The quantitative estimate of drug-likeness (QED) is 0.222. The zero-order valence-electron chi connectivity index (χ0n) is 7.96. The molecule has 6 nitrogen and oxygen atoms in total. The van der Waals surface area contributed by atoms with Gasteiger partial charge in [-0.15, -0.1) is 0 Å². The number of hydrogen-bond donors (Lipinski definition) is 4. The van der Waals surface area contributed by atoms with Crippen LogP contribution in [-0.2, 0) is 4.74 Å². The second-order valence-corrected chi connectivity index (χ2v) is 2.76. The lowest BCUT2D eigenvalue weighted by atomic mass is 10.5. The summed E-state index contributed by atoms with van der Waals surface area (Å²) in [5, 5.41) is 2.52. The third kappa shape index (κ3) is 8.45. The number of ether oxygens (including phenoxy) is 1. The summed E-state index contributed by atoms with van der Waals surface area (Å²) in [7, 11) is 0. The number of carbonyl (C=O) groups excluding carboxylic acids is 1. The molecule has 0 aromatic rings. The van der Waals surface area contributed by atoms with Crippen LogP contribution in [0.4, 0.5) is 4.79 Å². The van der Waals surface area contributed by atoms with Crippen molar-refractivity contribution in [2.45, 2.75) is 20.0 Å². The smallest absolute Gasteiger partial charge is 0.407 e. The molecule has 76 valence electrons. The maximum atomic E-state index is 10.9. The first kappa shape index (κ1) is 11.5. The molecule has 0 aromatic carbocycles. The van der Waals surface area contributed by atoms with Crippen LogP contribution in [0.1, 0.15) is 13.8 Å². The van der Waals surface area contributed by atoms with Crippen molar-refractivity contribution in [2.24, 2.45) is 11.5 Å². The number of carbonyl (C=O) groups is 1. The van der Waals surface area contributed by atoms with E-state index in [-0.39, 0.29) is 12.1 Å². The zero-order chi connectivity index (χ0) is 10.3. The highest BCUT2D eigenvalue weighted by Gasteiger charge is 2.02. The minimum absolute atomic E-state index is 0.112. The number of rotatable bonds is 4. The fourth-order valence-corrected chi connectivity index (χ4v) is 0.627. The lowest BCUT2D eigenvalue weighted by Crippen LogP contribution is -2.79. The molecule has 0 saturated heterocycles. The minimum Gasteiger partial charge on any atom is -0.447 e. The molecule has 0 saturated carbocycles. The molecule has 0 spiro atoms. The Bertz CT molecular complexity index is 187. The van der Waals surface area contributed by atoms with Gasteiger partial charge in [-0.1, -0.05) is 0 Å². The fourth-order valence-electron chi connectivity index (χ4n) is 0.627. The third-order valence-corrected chi connectivity index (χ3v) is 1.07. The van der Waals surface area contributed by atoms with E-state index in [1.807, 2.05) is 0 Å². The molecule has 6 heteroatoms. The van der Waals surface area contributed by atoms with Crippen molar-refractivity contribution in [3.63, 3.8) is 0 Å². The predicted molar refractivity (Wildman–Crippen MR) is 48.8 cm³/mol. The Morgan fingerprint density at radius 3 is 2.62 bits per heavy atom. The Labute approximate surface area is 77.3 Å². The van der Waals surface area contributed by atoms with E-state index in [1.165, 1.54) is 0 Å². The van der Waals surface area contributed by atoms with Gasteiger partial charge in [-0.05, 0) is 13.8 Å². The van der Waals surface area contributed by atoms with E-state index < -0.39 is 6.09 Å². The number of nitrogens with two attached hydrogens (primary N) is 2. The summed E-state index contributed by atoms with van der Waals surface area (Å²) in [6, 6.07) is 0. The molecule has 0 aliphatic carbocycles. The molecule has 6 N–H and O–H groups in total. The number of guanidine groups is 1. The highest BCUT2D eigenvalue weighted by Crippen LogP contribution is 1.86. The summed E-state index contributed by atoms with van der Waals surface area (Å²) in [5.74, 6) is 0.138. The number of alkyl carbamates (subject to hydrolysis) is 1. The van der Waals surface area contributed by atoms with Gasteiger partial charge in [0.15, 0.2) is 0 Å². The summed E-state index contributed by atoms with van der Waals surface area (Å²) in [5.41, 5.74) is 10.3. The van der Waals surface area contributed by atoms with E-state index in [1.54, 1.807) is 13.8 Å². The number of hydrogen-bond acceptors (Lipinski definition) is 2. The molecule has 0 fully saturated rings. The fraction of sp³-hybridized carbons (Fsp3) is 0.714. The van der Waals surface area contributed by atoms with E-state index in [2.05, 4.69) is 10.3 Å². The van der Waals surface area contributed by atoms with Crippen LogP contribution in [0.2, 0.25) is 0 Å². The van der Waals surface area contributed by atoms with Crippen LogP contribution < -0.4 is 21.8 Å². The Hall–Kier alpha value is -1.46. The van der Waals surface area contributed by atoms with Gasteiger partial charge in [-0.3, -0.25) is 16.5 Å².